The lowest BCUT2D eigenvalue weighted by molar-refractivity contribution is -0.148. The van der Waals surface area contributed by atoms with Crippen molar-refractivity contribution in [1.29, 1.82) is 0 Å². The minimum Gasteiger partial charge on any atom is -0.345 e. The van der Waals surface area contributed by atoms with Gasteiger partial charge < -0.3 is 10.2 Å². The van der Waals surface area contributed by atoms with Gasteiger partial charge in [0.15, 0.2) is 0 Å². The minimum atomic E-state index is -0.458. The molecule has 0 spiro atoms. The molecule has 2 amide bonds. The molecule has 1 N–H and O–H groups in total. The molecule has 1 saturated heterocycles. The van der Waals surface area contributed by atoms with Crippen LogP contribution in [0.2, 0.25) is 0 Å². The Kier molecular flexibility index (Phi) is 4.60. The first-order valence-corrected chi connectivity index (χ1v) is 7.26. The maximum absolute atomic E-state index is 13.2. The Balaban J connectivity index is 2.28. The van der Waals surface area contributed by atoms with Gasteiger partial charge in [0, 0.05) is 6.54 Å². The molecule has 1 aromatic rings. The summed E-state index contributed by atoms with van der Waals surface area (Å²) in [6.45, 7) is 6.15. The highest BCUT2D eigenvalue weighted by atomic mass is 19.1. The van der Waals surface area contributed by atoms with Crippen molar-refractivity contribution in [3.63, 3.8) is 0 Å². The number of nitrogens with one attached hydrogen (secondary N) is 1. The van der Waals surface area contributed by atoms with Gasteiger partial charge in [0.05, 0.1) is 6.54 Å². The number of nitrogens with zero attached hydrogens (tertiary/aromatic N) is 1. The van der Waals surface area contributed by atoms with Gasteiger partial charge in [-0.15, -0.1) is 0 Å². The van der Waals surface area contributed by atoms with Crippen LogP contribution in [-0.2, 0) is 16.1 Å². The molecule has 4 nitrogen and oxygen atoms in total. The number of halogens is 1. The zero-order valence-corrected chi connectivity index (χ0v) is 12.6. The Morgan fingerprint density at radius 1 is 1.43 bits per heavy atom. The standard InChI is InChI=1S/C16H21FN2O2/c1-4-10(2)15-16(21)18-8-14(20)19(15)9-12-5-6-13(17)7-11(12)3/h5-7,10,15H,4,8-9H2,1-3H3,(H,18,21). The molecule has 114 valence electrons. The van der Waals surface area contributed by atoms with Gasteiger partial charge in [-0.2, -0.15) is 0 Å². The molecule has 1 fully saturated rings. The second-order valence-electron chi connectivity index (χ2n) is 5.64. The average molecular weight is 292 g/mol. The van der Waals surface area contributed by atoms with Gasteiger partial charge in [-0.25, -0.2) is 4.39 Å². The van der Waals surface area contributed by atoms with E-state index in [2.05, 4.69) is 5.32 Å². The van der Waals surface area contributed by atoms with Crippen molar-refractivity contribution < 1.29 is 14.0 Å². The van der Waals surface area contributed by atoms with Crippen molar-refractivity contribution in [1.82, 2.24) is 10.2 Å². The highest BCUT2D eigenvalue weighted by Gasteiger charge is 2.37. The molecule has 2 unspecified atom stereocenters. The molecule has 1 aliphatic heterocycles. The number of carbonyl (C=O) groups is 2. The molecule has 1 aromatic carbocycles. The fourth-order valence-corrected chi connectivity index (χ4v) is 2.66. The van der Waals surface area contributed by atoms with E-state index in [1.54, 1.807) is 11.0 Å². The lowest BCUT2D eigenvalue weighted by Crippen LogP contribution is -2.60. The van der Waals surface area contributed by atoms with Gasteiger partial charge >= 0.3 is 0 Å². The van der Waals surface area contributed by atoms with Crippen LogP contribution in [0.4, 0.5) is 4.39 Å². The number of aryl methyl sites for hydroxylation is 1. The quantitative estimate of drug-likeness (QED) is 0.923. The predicted molar refractivity (Wildman–Crippen MR) is 77.9 cm³/mol. The lowest BCUT2D eigenvalue weighted by atomic mass is 9.94. The summed E-state index contributed by atoms with van der Waals surface area (Å²) >= 11 is 0. The van der Waals surface area contributed by atoms with Crippen molar-refractivity contribution in [2.24, 2.45) is 5.92 Å². The Bertz CT molecular complexity index is 559. The third-order valence-corrected chi connectivity index (χ3v) is 4.17. The van der Waals surface area contributed by atoms with Crippen LogP contribution in [0.5, 0.6) is 0 Å². The molecule has 0 saturated carbocycles. The fourth-order valence-electron chi connectivity index (χ4n) is 2.66. The number of carbonyl (C=O) groups excluding carboxylic acids is 2. The summed E-state index contributed by atoms with van der Waals surface area (Å²) in [4.78, 5) is 25.9. The monoisotopic (exact) mass is 292 g/mol. The summed E-state index contributed by atoms with van der Waals surface area (Å²) in [5, 5.41) is 2.65. The van der Waals surface area contributed by atoms with E-state index in [-0.39, 0.29) is 30.1 Å². The van der Waals surface area contributed by atoms with Crippen LogP contribution >= 0.6 is 0 Å². The SMILES string of the molecule is CCC(C)C1C(=O)NCC(=O)N1Cc1ccc(F)cc1C. The average Bonchev–Trinajstić information content (AvgIpc) is 2.45. The zero-order valence-electron chi connectivity index (χ0n) is 12.6. The zero-order chi connectivity index (χ0) is 15.6. The van der Waals surface area contributed by atoms with E-state index in [0.29, 0.717) is 6.54 Å². The highest BCUT2D eigenvalue weighted by molar-refractivity contribution is 5.95. The second kappa shape index (κ2) is 6.24. The van der Waals surface area contributed by atoms with Crippen LogP contribution in [-0.4, -0.2) is 29.3 Å². The first-order chi connectivity index (χ1) is 9.93. The van der Waals surface area contributed by atoms with Crippen molar-refractivity contribution in [3.8, 4) is 0 Å². The first kappa shape index (κ1) is 15.5. The van der Waals surface area contributed by atoms with Gasteiger partial charge in [-0.3, -0.25) is 9.59 Å². The maximum Gasteiger partial charge on any atom is 0.243 e. The molecule has 5 heteroatoms. The molecular formula is C16H21FN2O2. The van der Waals surface area contributed by atoms with Crippen LogP contribution in [0.25, 0.3) is 0 Å². The topological polar surface area (TPSA) is 49.4 Å². The molecule has 0 aliphatic carbocycles. The van der Waals surface area contributed by atoms with Crippen molar-refractivity contribution in [2.75, 3.05) is 6.54 Å². The number of benzene rings is 1. The molecular weight excluding hydrogens is 271 g/mol. The molecule has 1 heterocycles. The summed E-state index contributed by atoms with van der Waals surface area (Å²) in [6.07, 6.45) is 0.810. The van der Waals surface area contributed by atoms with Gasteiger partial charge in [-0.1, -0.05) is 26.3 Å². The van der Waals surface area contributed by atoms with Gasteiger partial charge in [-0.05, 0) is 36.1 Å². The molecule has 2 rings (SSSR count). The van der Waals surface area contributed by atoms with E-state index >= 15 is 0 Å². The Morgan fingerprint density at radius 3 is 2.76 bits per heavy atom. The normalized spacial score (nSPS) is 20.4. The van der Waals surface area contributed by atoms with E-state index < -0.39 is 6.04 Å². The largest absolute Gasteiger partial charge is 0.345 e. The van der Waals surface area contributed by atoms with Gasteiger partial charge in [0.1, 0.15) is 11.9 Å². The summed E-state index contributed by atoms with van der Waals surface area (Å²) in [5.74, 6) is -0.417. The van der Waals surface area contributed by atoms with Crippen LogP contribution in [0, 0.1) is 18.7 Å². The summed E-state index contributed by atoms with van der Waals surface area (Å²) in [5.41, 5.74) is 1.66. The van der Waals surface area contributed by atoms with Crippen LogP contribution in [0.15, 0.2) is 18.2 Å². The molecule has 0 bridgehead atoms. The van der Waals surface area contributed by atoms with Gasteiger partial charge in [0.25, 0.3) is 0 Å². The van der Waals surface area contributed by atoms with Crippen LogP contribution < -0.4 is 5.32 Å². The first-order valence-electron chi connectivity index (χ1n) is 7.26. The fraction of sp³-hybridized carbons (Fsp3) is 0.500. The molecule has 1 aliphatic rings. The number of hydrogen-bond donors (Lipinski definition) is 1. The van der Waals surface area contributed by atoms with Crippen molar-refractivity contribution in [2.45, 2.75) is 39.8 Å². The minimum absolute atomic E-state index is 0.0337. The number of hydrogen-bond acceptors (Lipinski definition) is 2. The molecule has 2 atom stereocenters. The van der Waals surface area contributed by atoms with Crippen molar-refractivity contribution >= 4 is 11.8 Å². The highest BCUT2D eigenvalue weighted by Crippen LogP contribution is 2.22. The third-order valence-electron chi connectivity index (χ3n) is 4.17. The third kappa shape index (κ3) is 3.23. The lowest BCUT2D eigenvalue weighted by Gasteiger charge is -2.38. The number of rotatable bonds is 4. The maximum atomic E-state index is 13.2. The second-order valence-corrected chi connectivity index (χ2v) is 5.64. The van der Waals surface area contributed by atoms with E-state index in [1.807, 2.05) is 20.8 Å². The number of piperazine rings is 1. The summed E-state index contributed by atoms with van der Waals surface area (Å²) in [6, 6.07) is 4.05. The summed E-state index contributed by atoms with van der Waals surface area (Å²) < 4.78 is 13.2. The Hall–Kier alpha value is -1.91. The van der Waals surface area contributed by atoms with E-state index in [4.69, 9.17) is 0 Å². The summed E-state index contributed by atoms with van der Waals surface area (Å²) in [7, 11) is 0. The van der Waals surface area contributed by atoms with Crippen LogP contribution in [0.1, 0.15) is 31.4 Å². The smallest absolute Gasteiger partial charge is 0.243 e. The van der Waals surface area contributed by atoms with E-state index in [0.717, 1.165) is 17.5 Å². The van der Waals surface area contributed by atoms with E-state index in [9.17, 15) is 14.0 Å². The predicted octanol–water partition coefficient (Wildman–Crippen LogP) is 2.01. The van der Waals surface area contributed by atoms with Crippen molar-refractivity contribution in [3.05, 3.63) is 35.1 Å². The van der Waals surface area contributed by atoms with E-state index in [1.165, 1.54) is 12.1 Å². The molecule has 0 radical (unpaired) electrons. The number of amides is 2. The van der Waals surface area contributed by atoms with Crippen LogP contribution in [0.3, 0.4) is 0 Å². The Morgan fingerprint density at radius 2 is 2.14 bits per heavy atom. The molecule has 0 aromatic heterocycles. The van der Waals surface area contributed by atoms with Gasteiger partial charge in [0.2, 0.25) is 11.8 Å². The molecule has 21 heavy (non-hydrogen) atoms. The Labute approximate surface area is 124 Å².